The molecule has 0 saturated carbocycles. The molecule has 0 atom stereocenters. The standard InChI is InChI=1S/C18H32N2S2.C17H30N2S2.C16H28N2S2.2C13H22N2S2.C12H20N2S2/c1-7-10-20(11-8-2)13-9-12-19(6)15-14(18(3,4)5)16(21)17(15)22;1-7-10-19(8-2)12-9-11-18(6)14-13(17(3,4)5)15(20)16(14)21;1-7-9-17(5)10-8-11-18(6)13-12(16(2,3)4)14(19)15(13)20;1-13(2,3)9-10(12(17)11(9)16)15(4)8-6-5-7-14;1-13(2,3)9-10(12(17)11(9)16)15-8-6-5-7-14-4;1-12(2,3)8-9(11(16)10(8)15)14-7-5-4-6-13/h7-13H2,1-6H3;7-12H2,1-6H3;7-11H2,1-6H3;5-8,14H2,1-4H3;14-15H,5-8H2,1-4H3;14H,4-7,13H2,1-3H3. The van der Waals surface area contributed by atoms with Crippen LogP contribution in [0.1, 0.15) is 276 Å². The lowest BCUT2D eigenvalue weighted by Crippen LogP contribution is -2.31. The van der Waals surface area contributed by atoms with Crippen LogP contribution < -0.4 is 47.0 Å². The second kappa shape index (κ2) is 51.1. The average Bonchev–Trinajstić information content (AvgIpc) is 0.755. The maximum absolute atomic E-state index is 5.51. The molecule has 0 heterocycles. The highest BCUT2D eigenvalue weighted by Crippen LogP contribution is 2.44. The number of nitrogens with zero attached hydrogens (tertiary/aromatic N) is 7. The first-order valence-electron chi connectivity index (χ1n) is 41.8. The fraction of sp³-hybridized carbons (Fsp3) is 0.730. The highest BCUT2D eigenvalue weighted by atomic mass is 32.1. The molecule has 24 heteroatoms. The topological polar surface area (TPSA) is 111 Å². The molecule has 113 heavy (non-hydrogen) atoms. The average molecular weight is 1780 g/mol. The van der Waals surface area contributed by atoms with Crippen molar-refractivity contribution in [3.05, 3.63) is 87.5 Å². The molecule has 0 unspecified atom stereocenters. The summed E-state index contributed by atoms with van der Waals surface area (Å²) in [6.45, 7) is 68.6. The van der Waals surface area contributed by atoms with Crippen molar-refractivity contribution in [2.24, 2.45) is 11.5 Å². The van der Waals surface area contributed by atoms with Gasteiger partial charge in [-0.3, -0.25) is 0 Å². The molecule has 12 nitrogen and oxygen atoms in total. The minimum atomic E-state index is 0.0790. The molecule has 0 aliphatic rings. The van der Waals surface area contributed by atoms with Crippen LogP contribution in [0.15, 0.2) is 0 Å². The van der Waals surface area contributed by atoms with E-state index in [1.54, 1.807) is 0 Å². The van der Waals surface area contributed by atoms with Crippen LogP contribution >= 0.6 is 147 Å². The van der Waals surface area contributed by atoms with Gasteiger partial charge in [-0.25, -0.2) is 0 Å². The molecular formula is C89H154N12S12. The van der Waals surface area contributed by atoms with E-state index in [2.05, 4.69) is 245 Å². The summed E-state index contributed by atoms with van der Waals surface area (Å²) in [7, 11) is 12.7. The molecule has 6 aromatic carbocycles. The number of anilines is 6. The maximum atomic E-state index is 5.51. The van der Waals surface area contributed by atoms with E-state index in [0.717, 1.165) is 183 Å². The third-order valence-electron chi connectivity index (χ3n) is 20.1. The Labute approximate surface area is 751 Å². The van der Waals surface area contributed by atoms with Gasteiger partial charge < -0.3 is 61.7 Å². The van der Waals surface area contributed by atoms with E-state index in [-0.39, 0.29) is 32.5 Å². The lowest BCUT2D eigenvalue weighted by atomic mass is 9.83. The highest BCUT2D eigenvalue weighted by Gasteiger charge is 2.33. The lowest BCUT2D eigenvalue weighted by Gasteiger charge is -2.32. The van der Waals surface area contributed by atoms with Crippen LogP contribution in [0.4, 0.5) is 34.1 Å². The Kier molecular flexibility index (Phi) is 49.3. The van der Waals surface area contributed by atoms with E-state index in [9.17, 15) is 0 Å². The smallest absolute Gasteiger partial charge is 0.0798 e. The molecule has 0 amide bonds. The fourth-order valence-corrected chi connectivity index (χ4v) is 19.2. The largest absolute Gasteiger partial charge is 0.384 e. The van der Waals surface area contributed by atoms with Crippen LogP contribution in [-0.2, 0) is 32.5 Å². The van der Waals surface area contributed by atoms with Crippen molar-refractivity contribution in [3.8, 4) is 0 Å². The van der Waals surface area contributed by atoms with E-state index >= 15 is 0 Å². The second-order valence-electron chi connectivity index (χ2n) is 36.8. The van der Waals surface area contributed by atoms with E-state index < -0.39 is 0 Å². The molecule has 7 N–H and O–H groups in total. The molecule has 0 bridgehead atoms. The van der Waals surface area contributed by atoms with E-state index in [4.69, 9.17) is 158 Å². The Morgan fingerprint density at radius 3 is 0.788 bits per heavy atom. The van der Waals surface area contributed by atoms with E-state index in [1.165, 1.54) is 134 Å². The quantitative estimate of drug-likeness (QED) is 0.0186. The summed E-state index contributed by atoms with van der Waals surface area (Å²) in [6.07, 6.45) is 15.0. The molecule has 0 aliphatic heterocycles. The van der Waals surface area contributed by atoms with Crippen molar-refractivity contribution >= 4 is 181 Å². The maximum Gasteiger partial charge on any atom is 0.0798 e. The van der Waals surface area contributed by atoms with Gasteiger partial charge in [0, 0.05) is 101 Å². The number of unbranched alkanes of at least 4 members (excludes halogenated alkanes) is 3. The van der Waals surface area contributed by atoms with Crippen molar-refractivity contribution in [3.63, 3.8) is 0 Å². The van der Waals surface area contributed by atoms with Crippen molar-refractivity contribution in [2.75, 3.05) is 184 Å². The molecule has 0 spiro atoms. The van der Waals surface area contributed by atoms with Crippen LogP contribution in [0.25, 0.3) is 0 Å². The van der Waals surface area contributed by atoms with E-state index in [1.807, 2.05) is 7.05 Å². The monoisotopic (exact) mass is 1770 g/mol. The Hall–Kier alpha value is -1.92. The fourth-order valence-electron chi connectivity index (χ4n) is 14.2. The van der Waals surface area contributed by atoms with Crippen molar-refractivity contribution in [2.45, 2.75) is 275 Å². The van der Waals surface area contributed by atoms with Gasteiger partial charge in [0.1, 0.15) is 0 Å². The van der Waals surface area contributed by atoms with Gasteiger partial charge in [0.25, 0.3) is 0 Å². The van der Waals surface area contributed by atoms with Crippen LogP contribution in [0.3, 0.4) is 0 Å². The second-order valence-corrected chi connectivity index (χ2v) is 41.7. The summed E-state index contributed by atoms with van der Waals surface area (Å²) in [5.74, 6) is 0. The number of rotatable bonds is 40. The first-order valence-corrected chi connectivity index (χ1v) is 46.7. The van der Waals surface area contributed by atoms with Gasteiger partial charge >= 0.3 is 0 Å². The normalized spacial score (nSPS) is 12.2. The Bertz CT molecular complexity index is 4280. The molecular weight excluding hydrogens is 1620 g/mol. The Balaban J connectivity index is 0.000000680. The van der Waals surface area contributed by atoms with Crippen LogP contribution in [0.5, 0.6) is 0 Å². The van der Waals surface area contributed by atoms with Crippen LogP contribution in [0, 0.1) is 54.1 Å². The van der Waals surface area contributed by atoms with Gasteiger partial charge in [-0.1, -0.05) is 306 Å². The van der Waals surface area contributed by atoms with Gasteiger partial charge in [-0.2, -0.15) is 0 Å². The minimum Gasteiger partial charge on any atom is -0.384 e. The van der Waals surface area contributed by atoms with Gasteiger partial charge in [-0.15, -0.1) is 0 Å². The number of nitrogens with two attached hydrogens (primary N) is 2. The third kappa shape index (κ3) is 33.4. The van der Waals surface area contributed by atoms with Crippen molar-refractivity contribution < 1.29 is 0 Å². The van der Waals surface area contributed by atoms with Gasteiger partial charge in [-0.05, 0) is 202 Å². The summed E-state index contributed by atoms with van der Waals surface area (Å²) < 4.78 is 10.5. The molecule has 6 rings (SSSR count). The zero-order valence-corrected chi connectivity index (χ0v) is 85.7. The van der Waals surface area contributed by atoms with Gasteiger partial charge in [0.15, 0.2) is 0 Å². The van der Waals surface area contributed by atoms with Gasteiger partial charge in [0.05, 0.1) is 88.2 Å². The summed E-state index contributed by atoms with van der Waals surface area (Å²) in [6, 6.07) is 0. The Morgan fingerprint density at radius 2 is 0.513 bits per heavy atom. The molecule has 642 valence electrons. The van der Waals surface area contributed by atoms with Gasteiger partial charge in [0.2, 0.25) is 0 Å². The number of hydrogen-bond acceptors (Lipinski definition) is 24. The number of nitrogens with one attached hydrogen (secondary N) is 3. The molecule has 0 saturated heterocycles. The zero-order valence-electron chi connectivity index (χ0n) is 75.9. The predicted octanol–water partition coefficient (Wildman–Crippen LogP) is 25.3. The third-order valence-corrected chi connectivity index (χ3v) is 25.7. The molecule has 0 fully saturated rings. The molecule has 0 radical (unpaired) electrons. The molecule has 6 aromatic rings. The van der Waals surface area contributed by atoms with Crippen LogP contribution in [0.2, 0.25) is 0 Å². The number of hydrogen-bond donors (Lipinski definition) is 5. The highest BCUT2D eigenvalue weighted by molar-refractivity contribution is 7.75. The summed E-state index contributed by atoms with van der Waals surface area (Å²) in [5.41, 5.74) is 25.9. The van der Waals surface area contributed by atoms with E-state index in [0.29, 0.717) is 0 Å². The predicted molar refractivity (Wildman–Crippen MR) is 536 cm³/mol. The van der Waals surface area contributed by atoms with Crippen LogP contribution in [-0.4, -0.2) is 168 Å². The Morgan fingerprint density at radius 1 is 0.265 bits per heavy atom. The first-order chi connectivity index (χ1) is 52.3. The van der Waals surface area contributed by atoms with Crippen molar-refractivity contribution in [1.82, 2.24) is 20.0 Å². The summed E-state index contributed by atoms with van der Waals surface area (Å²) >= 11 is 64.6. The SMILES string of the molecule is CC(C)(C)c1c(NCCCCN)c(=S)c1=S.CCCN(C)CCCN(C)c1c(C(C)(C)C)c(=S)c1=S.CCCN(CC)CCCN(C)c1c(C(C)(C)C)c(=S)c1=S.CCCN(CCC)CCCN(C)c1c(C(C)(C)C)c(=S)c1=S.CN(CCCCN)c1c(C(C)(C)C)c(=S)c1=S.CNCCCCNc1c(C(C)(C)C)c(=S)c1=S. The first kappa shape index (κ1) is 109. The van der Waals surface area contributed by atoms with Crippen molar-refractivity contribution in [1.29, 1.82) is 0 Å². The molecule has 0 aliphatic carbocycles. The zero-order chi connectivity index (χ0) is 87.2. The summed E-state index contributed by atoms with van der Waals surface area (Å²) in [4.78, 5) is 16.6. The minimum absolute atomic E-state index is 0.0790. The summed E-state index contributed by atoms with van der Waals surface area (Å²) in [5, 5.41) is 9.97. The lowest BCUT2D eigenvalue weighted by molar-refractivity contribution is 0.272. The molecule has 0 aromatic heterocycles.